The van der Waals surface area contributed by atoms with E-state index in [0.29, 0.717) is 23.9 Å². The SMILES string of the molecule is CN(CCOc1cccc(Cl)c1)C(=O)/C=C/c1ccsc1. The molecule has 1 aromatic carbocycles. The Morgan fingerprint density at radius 3 is 3.00 bits per heavy atom. The molecule has 0 radical (unpaired) electrons. The van der Waals surface area contributed by atoms with Crippen LogP contribution >= 0.6 is 22.9 Å². The molecular formula is C16H16ClNO2S. The van der Waals surface area contributed by atoms with Crippen molar-refractivity contribution in [3.05, 3.63) is 57.8 Å². The van der Waals surface area contributed by atoms with Crippen molar-refractivity contribution in [2.75, 3.05) is 20.2 Å². The van der Waals surface area contributed by atoms with Gasteiger partial charge in [0.05, 0.1) is 6.54 Å². The van der Waals surface area contributed by atoms with Gasteiger partial charge in [0.1, 0.15) is 12.4 Å². The second kappa shape index (κ2) is 7.86. The molecule has 3 nitrogen and oxygen atoms in total. The van der Waals surface area contributed by atoms with Crippen LogP contribution in [0, 0.1) is 0 Å². The molecule has 5 heteroatoms. The molecule has 2 rings (SSSR count). The Morgan fingerprint density at radius 1 is 1.43 bits per heavy atom. The van der Waals surface area contributed by atoms with Crippen LogP contribution in [-0.4, -0.2) is 31.0 Å². The number of ether oxygens (including phenoxy) is 1. The van der Waals surface area contributed by atoms with E-state index in [2.05, 4.69) is 0 Å². The number of hydrogen-bond acceptors (Lipinski definition) is 3. The highest BCUT2D eigenvalue weighted by atomic mass is 35.5. The van der Waals surface area contributed by atoms with Crippen molar-refractivity contribution in [1.82, 2.24) is 4.90 Å². The van der Waals surface area contributed by atoms with Crippen molar-refractivity contribution in [1.29, 1.82) is 0 Å². The number of nitrogens with zero attached hydrogens (tertiary/aromatic N) is 1. The fourth-order valence-corrected chi connectivity index (χ4v) is 2.44. The van der Waals surface area contributed by atoms with Gasteiger partial charge in [0.2, 0.25) is 5.91 Å². The molecule has 0 unspecified atom stereocenters. The van der Waals surface area contributed by atoms with Crippen LogP contribution in [0.3, 0.4) is 0 Å². The molecule has 110 valence electrons. The molecule has 21 heavy (non-hydrogen) atoms. The van der Waals surface area contributed by atoms with Gasteiger partial charge in [-0.15, -0.1) is 0 Å². The number of hydrogen-bond donors (Lipinski definition) is 0. The van der Waals surface area contributed by atoms with Crippen LogP contribution in [0.5, 0.6) is 5.75 Å². The molecule has 0 saturated carbocycles. The molecule has 1 amide bonds. The number of likely N-dealkylation sites (N-methyl/N-ethyl adjacent to an activating group) is 1. The summed E-state index contributed by atoms with van der Waals surface area (Å²) in [6, 6.07) is 9.18. The number of halogens is 1. The molecule has 0 saturated heterocycles. The molecule has 0 aliphatic carbocycles. The number of thiophene rings is 1. The van der Waals surface area contributed by atoms with Gasteiger partial charge in [-0.2, -0.15) is 11.3 Å². The highest BCUT2D eigenvalue weighted by Gasteiger charge is 2.05. The van der Waals surface area contributed by atoms with E-state index in [1.54, 1.807) is 41.5 Å². The minimum Gasteiger partial charge on any atom is -0.492 e. The monoisotopic (exact) mass is 321 g/mol. The Balaban J connectivity index is 1.76. The molecule has 0 N–H and O–H groups in total. The number of carbonyl (C=O) groups excluding carboxylic acids is 1. The maximum atomic E-state index is 11.9. The average molecular weight is 322 g/mol. The first-order valence-electron chi connectivity index (χ1n) is 6.49. The van der Waals surface area contributed by atoms with Gasteiger partial charge >= 0.3 is 0 Å². The molecule has 0 atom stereocenters. The third-order valence-electron chi connectivity index (χ3n) is 2.83. The fraction of sp³-hybridized carbons (Fsp3) is 0.188. The summed E-state index contributed by atoms with van der Waals surface area (Å²) in [6.45, 7) is 0.939. The van der Waals surface area contributed by atoms with Gasteiger partial charge in [-0.1, -0.05) is 17.7 Å². The van der Waals surface area contributed by atoms with E-state index in [1.165, 1.54) is 0 Å². The van der Waals surface area contributed by atoms with Crippen molar-refractivity contribution < 1.29 is 9.53 Å². The Bertz CT molecular complexity index is 610. The van der Waals surface area contributed by atoms with Gasteiger partial charge in [0.15, 0.2) is 0 Å². The highest BCUT2D eigenvalue weighted by molar-refractivity contribution is 7.08. The summed E-state index contributed by atoms with van der Waals surface area (Å²) in [7, 11) is 1.75. The van der Waals surface area contributed by atoms with E-state index in [-0.39, 0.29) is 5.91 Å². The molecule has 1 aromatic heterocycles. The van der Waals surface area contributed by atoms with Gasteiger partial charge in [0, 0.05) is 18.1 Å². The summed E-state index contributed by atoms with van der Waals surface area (Å²) in [5.74, 6) is 0.660. The standard InChI is InChI=1S/C16H16ClNO2S/c1-18(16(19)6-5-13-7-10-21-12-13)8-9-20-15-4-2-3-14(17)11-15/h2-7,10-12H,8-9H2,1H3/b6-5+. The van der Waals surface area contributed by atoms with Crippen molar-refractivity contribution in [3.63, 3.8) is 0 Å². The minimum absolute atomic E-state index is 0.0455. The molecule has 0 fully saturated rings. The molecular weight excluding hydrogens is 306 g/mol. The van der Waals surface area contributed by atoms with E-state index in [4.69, 9.17) is 16.3 Å². The maximum absolute atomic E-state index is 11.9. The predicted molar refractivity (Wildman–Crippen MR) is 87.9 cm³/mol. The Morgan fingerprint density at radius 2 is 2.29 bits per heavy atom. The Labute approximate surface area is 133 Å². The first kappa shape index (κ1) is 15.6. The van der Waals surface area contributed by atoms with Crippen molar-refractivity contribution >= 4 is 34.9 Å². The van der Waals surface area contributed by atoms with Crippen LogP contribution < -0.4 is 4.74 Å². The Kier molecular flexibility index (Phi) is 5.84. The lowest BCUT2D eigenvalue weighted by molar-refractivity contribution is -0.125. The lowest BCUT2D eigenvalue weighted by atomic mass is 10.3. The third-order valence-corrected chi connectivity index (χ3v) is 3.77. The van der Waals surface area contributed by atoms with Gasteiger partial charge in [-0.25, -0.2) is 0 Å². The highest BCUT2D eigenvalue weighted by Crippen LogP contribution is 2.16. The maximum Gasteiger partial charge on any atom is 0.246 e. The van der Waals surface area contributed by atoms with Gasteiger partial charge in [0.25, 0.3) is 0 Å². The topological polar surface area (TPSA) is 29.5 Å². The zero-order valence-corrected chi connectivity index (χ0v) is 13.2. The molecule has 1 heterocycles. The van der Waals surface area contributed by atoms with Crippen LogP contribution in [0.4, 0.5) is 0 Å². The number of amides is 1. The van der Waals surface area contributed by atoms with Crippen LogP contribution in [0.15, 0.2) is 47.2 Å². The second-order valence-corrected chi connectivity index (χ2v) is 5.67. The van der Waals surface area contributed by atoms with Crippen molar-refractivity contribution in [2.24, 2.45) is 0 Å². The predicted octanol–water partition coefficient (Wildman–Crippen LogP) is 3.95. The van der Waals surface area contributed by atoms with Crippen molar-refractivity contribution in [3.8, 4) is 5.75 Å². The van der Waals surface area contributed by atoms with E-state index in [9.17, 15) is 4.79 Å². The largest absolute Gasteiger partial charge is 0.492 e. The van der Waals surface area contributed by atoms with Gasteiger partial charge in [-0.05, 0) is 46.7 Å². The van der Waals surface area contributed by atoms with E-state index >= 15 is 0 Å². The zero-order valence-electron chi connectivity index (χ0n) is 11.7. The summed E-state index contributed by atoms with van der Waals surface area (Å²) in [6.07, 6.45) is 3.38. The lowest BCUT2D eigenvalue weighted by Gasteiger charge is -2.15. The first-order valence-corrected chi connectivity index (χ1v) is 7.81. The van der Waals surface area contributed by atoms with Gasteiger partial charge in [-0.3, -0.25) is 4.79 Å². The summed E-state index contributed by atoms with van der Waals surface area (Å²) in [5, 5.41) is 4.61. The van der Waals surface area contributed by atoms with E-state index in [1.807, 2.05) is 35.0 Å². The summed E-state index contributed by atoms with van der Waals surface area (Å²) in [5.41, 5.74) is 1.04. The average Bonchev–Trinajstić information content (AvgIpc) is 2.98. The molecule has 2 aromatic rings. The first-order chi connectivity index (χ1) is 10.1. The number of benzene rings is 1. The Hall–Kier alpha value is -1.78. The molecule has 0 spiro atoms. The van der Waals surface area contributed by atoms with Crippen molar-refractivity contribution in [2.45, 2.75) is 0 Å². The quantitative estimate of drug-likeness (QED) is 0.754. The molecule has 0 aliphatic rings. The summed E-state index contributed by atoms with van der Waals surface area (Å²) < 4.78 is 5.56. The fourth-order valence-electron chi connectivity index (χ4n) is 1.63. The number of carbonyl (C=O) groups is 1. The normalized spacial score (nSPS) is 10.8. The summed E-state index contributed by atoms with van der Waals surface area (Å²) in [4.78, 5) is 13.5. The minimum atomic E-state index is -0.0455. The third kappa shape index (κ3) is 5.25. The van der Waals surface area contributed by atoms with Crippen LogP contribution in [-0.2, 0) is 4.79 Å². The molecule has 0 aliphatic heterocycles. The van der Waals surface area contributed by atoms with Crippen LogP contribution in [0.1, 0.15) is 5.56 Å². The van der Waals surface area contributed by atoms with E-state index < -0.39 is 0 Å². The van der Waals surface area contributed by atoms with Crippen LogP contribution in [0.2, 0.25) is 5.02 Å². The van der Waals surface area contributed by atoms with Gasteiger partial charge < -0.3 is 9.64 Å². The van der Waals surface area contributed by atoms with Crippen LogP contribution in [0.25, 0.3) is 6.08 Å². The molecule has 0 bridgehead atoms. The van der Waals surface area contributed by atoms with E-state index in [0.717, 1.165) is 5.56 Å². The zero-order chi connectivity index (χ0) is 15.1. The lowest BCUT2D eigenvalue weighted by Crippen LogP contribution is -2.29. The number of rotatable bonds is 6. The summed E-state index contributed by atoms with van der Waals surface area (Å²) >= 11 is 7.48. The second-order valence-electron chi connectivity index (χ2n) is 4.46. The smallest absolute Gasteiger partial charge is 0.246 e.